The predicted octanol–water partition coefficient (Wildman–Crippen LogP) is 2.55. The molecule has 0 aliphatic rings. The second-order valence-corrected chi connectivity index (χ2v) is 6.98. The number of carbonyl (C=O) groups is 1. The zero-order valence-corrected chi connectivity index (χ0v) is 17.2. The van der Waals surface area contributed by atoms with E-state index in [0.29, 0.717) is 17.0 Å². The van der Waals surface area contributed by atoms with Crippen LogP contribution in [0.25, 0.3) is 0 Å². The standard InChI is InChI=1S/C22H25FN4O4/c1-12(29)7-18(24)21(27-14-8-13(11-28)9-15(10-14)31-2)22(30)20(26)19(25)16-5-3-4-6-17(16)23/h3-6,8-10,12,21,24-29H,7,11H2,1-2H3. The molecule has 2 rings (SSSR count). The molecule has 0 saturated carbocycles. The van der Waals surface area contributed by atoms with Gasteiger partial charge in [0.2, 0.25) is 5.78 Å². The molecule has 0 aliphatic heterocycles. The third-order valence-electron chi connectivity index (χ3n) is 4.46. The van der Waals surface area contributed by atoms with Gasteiger partial charge in [0.15, 0.2) is 0 Å². The van der Waals surface area contributed by atoms with Crippen molar-refractivity contribution in [3.05, 3.63) is 59.4 Å². The van der Waals surface area contributed by atoms with Crippen LogP contribution in [0.4, 0.5) is 10.1 Å². The Balaban J connectivity index is 2.38. The number of benzene rings is 2. The SMILES string of the molecule is COc1cc(CO)cc(NC(C(=N)CC(C)O)C(=O)C(=N)C(=N)c2ccccc2F)c1. The Morgan fingerprint density at radius 1 is 1.19 bits per heavy atom. The molecule has 31 heavy (non-hydrogen) atoms. The number of halogens is 1. The number of ether oxygens (including phenoxy) is 1. The molecule has 2 unspecified atom stereocenters. The van der Waals surface area contributed by atoms with Crippen LogP contribution in [0.2, 0.25) is 0 Å². The lowest BCUT2D eigenvalue weighted by Gasteiger charge is -2.22. The second kappa shape index (κ2) is 10.6. The molecule has 6 N–H and O–H groups in total. The molecule has 164 valence electrons. The average Bonchev–Trinajstić information content (AvgIpc) is 2.75. The molecule has 0 aliphatic carbocycles. The van der Waals surface area contributed by atoms with E-state index in [1.165, 1.54) is 32.2 Å². The molecule has 0 aromatic heterocycles. The van der Waals surface area contributed by atoms with Crippen molar-refractivity contribution in [3.8, 4) is 5.75 Å². The number of carbonyl (C=O) groups excluding carboxylic acids is 1. The maximum atomic E-state index is 14.0. The highest BCUT2D eigenvalue weighted by atomic mass is 19.1. The van der Waals surface area contributed by atoms with Gasteiger partial charge in [0, 0.05) is 29.4 Å². The zero-order valence-electron chi connectivity index (χ0n) is 17.2. The highest BCUT2D eigenvalue weighted by molar-refractivity contribution is 6.71. The summed E-state index contributed by atoms with van der Waals surface area (Å²) in [7, 11) is 1.43. The van der Waals surface area contributed by atoms with Gasteiger partial charge in [-0.3, -0.25) is 15.6 Å². The van der Waals surface area contributed by atoms with Crippen molar-refractivity contribution >= 4 is 28.6 Å². The zero-order chi connectivity index (χ0) is 23.1. The van der Waals surface area contributed by atoms with E-state index < -0.39 is 35.2 Å². The van der Waals surface area contributed by atoms with Crippen LogP contribution in [0.3, 0.4) is 0 Å². The number of hydrogen-bond acceptors (Lipinski definition) is 8. The second-order valence-electron chi connectivity index (χ2n) is 6.98. The fraction of sp³-hybridized carbons (Fsp3) is 0.273. The molecule has 0 bridgehead atoms. The summed E-state index contributed by atoms with van der Waals surface area (Å²) in [5, 5.41) is 46.5. The average molecular weight is 428 g/mol. The summed E-state index contributed by atoms with van der Waals surface area (Å²) >= 11 is 0. The van der Waals surface area contributed by atoms with Crippen LogP contribution in [0, 0.1) is 22.0 Å². The number of aliphatic hydroxyl groups is 2. The van der Waals surface area contributed by atoms with E-state index in [0.717, 1.165) is 6.07 Å². The van der Waals surface area contributed by atoms with Crippen molar-refractivity contribution in [2.45, 2.75) is 32.1 Å². The van der Waals surface area contributed by atoms with Gasteiger partial charge in [0.25, 0.3) is 0 Å². The lowest BCUT2D eigenvalue weighted by Crippen LogP contribution is -2.44. The number of aliphatic hydroxyl groups excluding tert-OH is 2. The Hall–Kier alpha value is -3.43. The molecule has 0 radical (unpaired) electrons. The molecule has 0 heterocycles. The maximum absolute atomic E-state index is 14.0. The van der Waals surface area contributed by atoms with Gasteiger partial charge in [0.1, 0.15) is 23.3 Å². The van der Waals surface area contributed by atoms with Crippen molar-refractivity contribution in [1.82, 2.24) is 0 Å². The van der Waals surface area contributed by atoms with E-state index in [-0.39, 0.29) is 24.3 Å². The number of rotatable bonds is 11. The summed E-state index contributed by atoms with van der Waals surface area (Å²) in [6, 6.07) is 8.64. The molecule has 9 heteroatoms. The number of Topliss-reactive ketones (excluding diaryl/α,β-unsaturated/α-hetero) is 1. The molecule has 0 saturated heterocycles. The summed E-state index contributed by atoms with van der Waals surface area (Å²) in [6.45, 7) is 1.17. The molecular formula is C22H25FN4O4. The van der Waals surface area contributed by atoms with Crippen LogP contribution < -0.4 is 10.1 Å². The van der Waals surface area contributed by atoms with E-state index in [1.807, 2.05) is 0 Å². The molecule has 2 atom stereocenters. The number of nitrogens with one attached hydrogen (secondary N) is 4. The fourth-order valence-electron chi connectivity index (χ4n) is 2.93. The topological polar surface area (TPSA) is 150 Å². The first-order valence-electron chi connectivity index (χ1n) is 9.45. The van der Waals surface area contributed by atoms with E-state index >= 15 is 0 Å². The molecule has 0 fully saturated rings. The Kier molecular flexibility index (Phi) is 8.12. The van der Waals surface area contributed by atoms with Crippen LogP contribution in [0.5, 0.6) is 5.75 Å². The quantitative estimate of drug-likeness (QED) is 0.304. The Morgan fingerprint density at radius 3 is 2.45 bits per heavy atom. The Bertz CT molecular complexity index is 985. The smallest absolute Gasteiger partial charge is 0.210 e. The minimum Gasteiger partial charge on any atom is -0.497 e. The fourth-order valence-corrected chi connectivity index (χ4v) is 2.93. The Morgan fingerprint density at radius 2 is 1.87 bits per heavy atom. The summed E-state index contributed by atoms with van der Waals surface area (Å²) in [5.41, 5.74) is -0.971. The first-order chi connectivity index (χ1) is 14.7. The van der Waals surface area contributed by atoms with Gasteiger partial charge in [-0.05, 0) is 36.8 Å². The number of methoxy groups -OCH3 is 1. The molecule has 0 spiro atoms. The maximum Gasteiger partial charge on any atom is 0.210 e. The van der Waals surface area contributed by atoms with Crippen molar-refractivity contribution in [2.24, 2.45) is 0 Å². The van der Waals surface area contributed by atoms with Gasteiger partial charge in [-0.25, -0.2) is 4.39 Å². The van der Waals surface area contributed by atoms with Crippen LogP contribution in [0.15, 0.2) is 42.5 Å². The van der Waals surface area contributed by atoms with Crippen LogP contribution in [0.1, 0.15) is 24.5 Å². The van der Waals surface area contributed by atoms with Gasteiger partial charge in [0.05, 0.1) is 25.5 Å². The number of ketones is 1. The van der Waals surface area contributed by atoms with Gasteiger partial charge in [-0.2, -0.15) is 0 Å². The molecule has 0 amide bonds. The lowest BCUT2D eigenvalue weighted by atomic mass is 9.94. The number of hydrogen-bond donors (Lipinski definition) is 6. The molecule has 2 aromatic carbocycles. The van der Waals surface area contributed by atoms with Gasteiger partial charge in [-0.15, -0.1) is 0 Å². The van der Waals surface area contributed by atoms with Crippen molar-refractivity contribution < 1.29 is 24.1 Å². The molecule has 8 nitrogen and oxygen atoms in total. The van der Waals surface area contributed by atoms with Crippen molar-refractivity contribution in [3.63, 3.8) is 0 Å². The molecular weight excluding hydrogens is 403 g/mol. The van der Waals surface area contributed by atoms with E-state index in [2.05, 4.69) is 5.32 Å². The third kappa shape index (κ3) is 6.03. The summed E-state index contributed by atoms with van der Waals surface area (Å²) in [5.74, 6) is -1.27. The highest BCUT2D eigenvalue weighted by Crippen LogP contribution is 2.22. The van der Waals surface area contributed by atoms with Gasteiger partial charge >= 0.3 is 0 Å². The summed E-state index contributed by atoms with van der Waals surface area (Å²) in [6.07, 6.45) is -1.07. The minimum absolute atomic E-state index is 0.152. The largest absolute Gasteiger partial charge is 0.497 e. The van der Waals surface area contributed by atoms with Crippen molar-refractivity contribution in [2.75, 3.05) is 12.4 Å². The van der Waals surface area contributed by atoms with Gasteiger partial charge in [-0.1, -0.05) is 12.1 Å². The highest BCUT2D eigenvalue weighted by Gasteiger charge is 2.30. The van der Waals surface area contributed by atoms with Crippen LogP contribution >= 0.6 is 0 Å². The summed E-state index contributed by atoms with van der Waals surface area (Å²) < 4.78 is 19.2. The van der Waals surface area contributed by atoms with Crippen molar-refractivity contribution in [1.29, 1.82) is 16.2 Å². The predicted molar refractivity (Wildman–Crippen MR) is 116 cm³/mol. The summed E-state index contributed by atoms with van der Waals surface area (Å²) in [4.78, 5) is 13.1. The van der Waals surface area contributed by atoms with Gasteiger partial charge < -0.3 is 25.7 Å². The normalized spacial score (nSPS) is 12.5. The lowest BCUT2D eigenvalue weighted by molar-refractivity contribution is -0.112. The Labute approximate surface area is 179 Å². The monoisotopic (exact) mass is 428 g/mol. The van der Waals surface area contributed by atoms with E-state index in [4.69, 9.17) is 21.0 Å². The first kappa shape index (κ1) is 23.8. The van der Waals surface area contributed by atoms with E-state index in [1.54, 1.807) is 18.2 Å². The molecule has 2 aromatic rings. The first-order valence-corrected chi connectivity index (χ1v) is 9.45. The van der Waals surface area contributed by atoms with Crippen LogP contribution in [-0.4, -0.2) is 52.4 Å². The number of anilines is 1. The van der Waals surface area contributed by atoms with E-state index in [9.17, 15) is 19.4 Å². The minimum atomic E-state index is -1.38. The van der Waals surface area contributed by atoms with Crippen LogP contribution in [-0.2, 0) is 11.4 Å². The third-order valence-corrected chi connectivity index (χ3v) is 4.46.